The molecule has 2 saturated carbocycles. The smallest absolute Gasteiger partial charge is 0.333 e. The molecular formula is C17H28O2. The van der Waals surface area contributed by atoms with E-state index in [0.29, 0.717) is 23.3 Å². The minimum atomic E-state index is -0.212. The molecule has 3 unspecified atom stereocenters. The maximum absolute atomic E-state index is 12.1. The van der Waals surface area contributed by atoms with Crippen LogP contribution in [0, 0.1) is 17.8 Å². The summed E-state index contributed by atoms with van der Waals surface area (Å²) in [6, 6.07) is 0. The van der Waals surface area contributed by atoms with Gasteiger partial charge in [-0.05, 0) is 50.4 Å². The molecule has 2 fully saturated rings. The minimum Gasteiger partial charge on any atom is -0.455 e. The summed E-state index contributed by atoms with van der Waals surface area (Å²) in [5.41, 5.74) is 0.317. The fraction of sp³-hybridized carbons (Fsp3) is 0.824. The van der Waals surface area contributed by atoms with E-state index in [1.807, 2.05) is 0 Å². The van der Waals surface area contributed by atoms with E-state index in [1.165, 1.54) is 38.5 Å². The molecule has 2 nitrogen and oxygen atoms in total. The minimum absolute atomic E-state index is 0.188. The summed E-state index contributed by atoms with van der Waals surface area (Å²) in [5.74, 6) is 1.50. The van der Waals surface area contributed by atoms with Crippen molar-refractivity contribution >= 4 is 5.97 Å². The van der Waals surface area contributed by atoms with E-state index >= 15 is 0 Å². The Morgan fingerprint density at radius 2 is 1.79 bits per heavy atom. The molecule has 19 heavy (non-hydrogen) atoms. The zero-order valence-electron chi connectivity index (χ0n) is 12.7. The normalized spacial score (nSPS) is 36.2. The molecule has 2 aliphatic carbocycles. The summed E-state index contributed by atoms with van der Waals surface area (Å²) in [6.45, 7) is 10.1. The van der Waals surface area contributed by atoms with E-state index in [0.717, 1.165) is 6.42 Å². The summed E-state index contributed by atoms with van der Waals surface area (Å²) in [6.07, 6.45) is 8.59. The van der Waals surface area contributed by atoms with Gasteiger partial charge >= 0.3 is 5.97 Å². The molecule has 0 amide bonds. The molecule has 0 radical (unpaired) electrons. The Labute approximate surface area is 117 Å². The zero-order chi connectivity index (χ0) is 14.0. The van der Waals surface area contributed by atoms with Crippen LogP contribution in [0.15, 0.2) is 12.2 Å². The largest absolute Gasteiger partial charge is 0.455 e. The molecule has 0 spiro atoms. The van der Waals surface area contributed by atoms with Gasteiger partial charge in [0.05, 0.1) is 0 Å². The Kier molecular flexibility index (Phi) is 4.37. The lowest BCUT2D eigenvalue weighted by atomic mass is 9.71. The predicted octanol–water partition coefficient (Wildman–Crippen LogP) is 4.49. The molecule has 0 aliphatic heterocycles. The van der Waals surface area contributed by atoms with Crippen molar-refractivity contribution in [3.8, 4) is 0 Å². The molecule has 2 aliphatic rings. The predicted molar refractivity (Wildman–Crippen MR) is 77.8 cm³/mol. The molecule has 0 aromatic rings. The van der Waals surface area contributed by atoms with Crippen LogP contribution in [0.25, 0.3) is 0 Å². The number of hydrogen-bond acceptors (Lipinski definition) is 2. The quantitative estimate of drug-likeness (QED) is 0.554. The second-order valence-electron chi connectivity index (χ2n) is 6.76. The summed E-state index contributed by atoms with van der Waals surface area (Å²) >= 11 is 0. The first-order valence-corrected chi connectivity index (χ1v) is 7.86. The first-order chi connectivity index (χ1) is 8.97. The Morgan fingerprint density at radius 1 is 1.16 bits per heavy atom. The van der Waals surface area contributed by atoms with Crippen LogP contribution < -0.4 is 0 Å². The van der Waals surface area contributed by atoms with Gasteiger partial charge in [-0.15, -0.1) is 0 Å². The van der Waals surface area contributed by atoms with Crippen LogP contribution in [-0.4, -0.2) is 11.6 Å². The van der Waals surface area contributed by atoms with E-state index < -0.39 is 0 Å². The first-order valence-electron chi connectivity index (χ1n) is 7.86. The first kappa shape index (κ1) is 14.6. The van der Waals surface area contributed by atoms with E-state index in [1.54, 1.807) is 6.92 Å². The highest BCUT2D eigenvalue weighted by Crippen LogP contribution is 2.51. The van der Waals surface area contributed by atoms with Crippen molar-refractivity contribution in [1.29, 1.82) is 0 Å². The van der Waals surface area contributed by atoms with Crippen LogP contribution in [0.2, 0.25) is 0 Å². The number of carbonyl (C=O) groups excluding carboxylic acids is 1. The van der Waals surface area contributed by atoms with Gasteiger partial charge in [0.15, 0.2) is 0 Å². The molecular weight excluding hydrogens is 236 g/mol. The second kappa shape index (κ2) is 5.68. The standard InChI is InChI=1S/C17H28O2/c1-12(2)16(18)19-17(11-10-13(3)14(17)4)15-8-6-5-7-9-15/h13-15H,1,5-11H2,2-4H3. The second-order valence-corrected chi connectivity index (χ2v) is 6.76. The summed E-state index contributed by atoms with van der Waals surface area (Å²) in [7, 11) is 0. The average molecular weight is 264 g/mol. The number of ether oxygens (including phenoxy) is 1. The molecule has 0 heterocycles. The van der Waals surface area contributed by atoms with Gasteiger partial charge in [0, 0.05) is 5.57 Å². The van der Waals surface area contributed by atoms with Crippen LogP contribution in [0.1, 0.15) is 65.7 Å². The van der Waals surface area contributed by atoms with E-state index in [2.05, 4.69) is 20.4 Å². The van der Waals surface area contributed by atoms with Crippen LogP contribution in [0.5, 0.6) is 0 Å². The zero-order valence-corrected chi connectivity index (χ0v) is 12.7. The molecule has 0 N–H and O–H groups in total. The highest BCUT2D eigenvalue weighted by Gasteiger charge is 2.52. The maximum atomic E-state index is 12.1. The van der Waals surface area contributed by atoms with Crippen molar-refractivity contribution in [3.05, 3.63) is 12.2 Å². The van der Waals surface area contributed by atoms with E-state index in [9.17, 15) is 4.79 Å². The molecule has 3 atom stereocenters. The van der Waals surface area contributed by atoms with Gasteiger partial charge in [0.1, 0.15) is 5.60 Å². The van der Waals surface area contributed by atoms with Crippen LogP contribution >= 0.6 is 0 Å². The van der Waals surface area contributed by atoms with Crippen molar-refractivity contribution in [2.45, 2.75) is 71.3 Å². The van der Waals surface area contributed by atoms with Gasteiger partial charge in [-0.2, -0.15) is 0 Å². The van der Waals surface area contributed by atoms with Crippen molar-refractivity contribution in [2.24, 2.45) is 17.8 Å². The molecule has 0 saturated heterocycles. The van der Waals surface area contributed by atoms with Crippen molar-refractivity contribution in [1.82, 2.24) is 0 Å². The third kappa shape index (κ3) is 2.73. The Balaban J connectivity index is 2.22. The maximum Gasteiger partial charge on any atom is 0.333 e. The SMILES string of the molecule is C=C(C)C(=O)OC1(C2CCCCC2)CCC(C)C1C. The Hall–Kier alpha value is -0.790. The van der Waals surface area contributed by atoms with Crippen LogP contribution in [0.4, 0.5) is 0 Å². The number of esters is 1. The molecule has 2 rings (SSSR count). The van der Waals surface area contributed by atoms with Crippen LogP contribution in [0.3, 0.4) is 0 Å². The fourth-order valence-electron chi connectivity index (χ4n) is 4.07. The van der Waals surface area contributed by atoms with Gasteiger partial charge in [-0.3, -0.25) is 0 Å². The van der Waals surface area contributed by atoms with E-state index in [-0.39, 0.29) is 11.6 Å². The van der Waals surface area contributed by atoms with Gasteiger partial charge in [-0.1, -0.05) is 39.7 Å². The fourth-order valence-corrected chi connectivity index (χ4v) is 4.07. The molecule has 0 aromatic carbocycles. The van der Waals surface area contributed by atoms with Gasteiger partial charge < -0.3 is 4.74 Å². The van der Waals surface area contributed by atoms with Gasteiger partial charge in [0.2, 0.25) is 0 Å². The van der Waals surface area contributed by atoms with Crippen molar-refractivity contribution < 1.29 is 9.53 Å². The number of carbonyl (C=O) groups is 1. The molecule has 2 heteroatoms. The van der Waals surface area contributed by atoms with Crippen LogP contribution in [-0.2, 0) is 9.53 Å². The summed E-state index contributed by atoms with van der Waals surface area (Å²) < 4.78 is 6.04. The van der Waals surface area contributed by atoms with Gasteiger partial charge in [-0.25, -0.2) is 4.79 Å². The monoisotopic (exact) mass is 264 g/mol. The molecule has 0 aromatic heterocycles. The lowest BCUT2D eigenvalue weighted by Gasteiger charge is -2.43. The van der Waals surface area contributed by atoms with Crippen molar-refractivity contribution in [3.63, 3.8) is 0 Å². The Morgan fingerprint density at radius 3 is 2.26 bits per heavy atom. The number of hydrogen-bond donors (Lipinski definition) is 0. The third-order valence-electron chi connectivity index (χ3n) is 5.54. The highest BCUT2D eigenvalue weighted by atomic mass is 16.6. The van der Waals surface area contributed by atoms with E-state index in [4.69, 9.17) is 4.74 Å². The average Bonchev–Trinajstić information content (AvgIpc) is 2.69. The third-order valence-corrected chi connectivity index (χ3v) is 5.54. The summed E-state index contributed by atoms with van der Waals surface area (Å²) in [4.78, 5) is 12.1. The van der Waals surface area contributed by atoms with Crippen molar-refractivity contribution in [2.75, 3.05) is 0 Å². The Bertz CT molecular complexity index is 354. The highest BCUT2D eigenvalue weighted by molar-refractivity contribution is 5.87. The molecule has 0 bridgehead atoms. The molecule has 108 valence electrons. The summed E-state index contributed by atoms with van der Waals surface area (Å²) in [5, 5.41) is 0. The lowest BCUT2D eigenvalue weighted by molar-refractivity contribution is -0.169. The lowest BCUT2D eigenvalue weighted by Crippen LogP contribution is -2.46. The van der Waals surface area contributed by atoms with Gasteiger partial charge in [0.25, 0.3) is 0 Å². The topological polar surface area (TPSA) is 26.3 Å². The number of rotatable bonds is 3.